The molecule has 2 heterocycles. The molecule has 0 aliphatic rings. The molecule has 0 amide bonds. The lowest BCUT2D eigenvalue weighted by molar-refractivity contribution is 0.896. The van der Waals surface area contributed by atoms with Gasteiger partial charge in [0, 0.05) is 12.5 Å². The van der Waals surface area contributed by atoms with Crippen molar-refractivity contribution in [2.24, 2.45) is 0 Å². The molecule has 4 nitrogen and oxygen atoms in total. The lowest BCUT2D eigenvalue weighted by atomic mass is 10.4. The van der Waals surface area contributed by atoms with Crippen LogP contribution in [0.2, 0.25) is 5.15 Å². The van der Waals surface area contributed by atoms with E-state index in [2.05, 4.69) is 15.2 Å². The summed E-state index contributed by atoms with van der Waals surface area (Å²) in [6.07, 6.45) is 2.47. The molecular weight excluding hydrogens is 176 g/mol. The van der Waals surface area contributed by atoms with E-state index in [-0.39, 0.29) is 0 Å². The Hall–Kier alpha value is -1.16. The van der Waals surface area contributed by atoms with Gasteiger partial charge in [-0.3, -0.25) is 4.40 Å². The third-order valence-electron chi connectivity index (χ3n) is 1.65. The van der Waals surface area contributed by atoms with E-state index >= 15 is 0 Å². The van der Waals surface area contributed by atoms with Crippen LogP contribution in [0, 0.1) is 0 Å². The molecule has 2 aromatic rings. The molecule has 0 aliphatic heterocycles. The predicted molar refractivity (Wildman–Crippen MR) is 45.2 cm³/mol. The van der Waals surface area contributed by atoms with E-state index in [4.69, 9.17) is 11.6 Å². The number of aromatic nitrogens is 4. The van der Waals surface area contributed by atoms with E-state index < -0.39 is 0 Å². The van der Waals surface area contributed by atoms with Crippen molar-refractivity contribution in [1.29, 1.82) is 0 Å². The van der Waals surface area contributed by atoms with Crippen LogP contribution < -0.4 is 0 Å². The zero-order valence-corrected chi connectivity index (χ0v) is 7.28. The van der Waals surface area contributed by atoms with E-state index in [0.717, 1.165) is 17.9 Å². The lowest BCUT2D eigenvalue weighted by Gasteiger charge is -1.94. The van der Waals surface area contributed by atoms with Crippen LogP contribution in [0.1, 0.15) is 12.7 Å². The van der Waals surface area contributed by atoms with Gasteiger partial charge < -0.3 is 0 Å². The SMILES string of the molecule is CCc1nnc2cc(Cl)ncn12. The first-order valence-corrected chi connectivity index (χ1v) is 4.04. The van der Waals surface area contributed by atoms with Crippen LogP contribution in [-0.4, -0.2) is 19.6 Å². The van der Waals surface area contributed by atoms with Crippen molar-refractivity contribution in [3.63, 3.8) is 0 Å². The Kier molecular flexibility index (Phi) is 1.69. The number of hydrogen-bond acceptors (Lipinski definition) is 3. The van der Waals surface area contributed by atoms with Crippen LogP contribution in [0.5, 0.6) is 0 Å². The highest BCUT2D eigenvalue weighted by atomic mass is 35.5. The maximum atomic E-state index is 5.68. The van der Waals surface area contributed by atoms with Crippen LogP contribution in [0.4, 0.5) is 0 Å². The maximum Gasteiger partial charge on any atom is 0.165 e. The maximum absolute atomic E-state index is 5.68. The topological polar surface area (TPSA) is 43.1 Å². The molecule has 62 valence electrons. The van der Waals surface area contributed by atoms with Crippen LogP contribution in [-0.2, 0) is 6.42 Å². The summed E-state index contributed by atoms with van der Waals surface area (Å²) in [5, 5.41) is 8.35. The first-order valence-electron chi connectivity index (χ1n) is 3.66. The van der Waals surface area contributed by atoms with Gasteiger partial charge in [0.15, 0.2) is 5.65 Å². The number of hydrogen-bond donors (Lipinski definition) is 0. The van der Waals surface area contributed by atoms with Gasteiger partial charge in [-0.25, -0.2) is 4.98 Å². The van der Waals surface area contributed by atoms with Crippen molar-refractivity contribution in [2.45, 2.75) is 13.3 Å². The van der Waals surface area contributed by atoms with Crippen LogP contribution in [0.3, 0.4) is 0 Å². The normalized spacial score (nSPS) is 10.8. The molecule has 0 radical (unpaired) electrons. The summed E-state index contributed by atoms with van der Waals surface area (Å²) >= 11 is 5.68. The molecule has 5 heteroatoms. The van der Waals surface area contributed by atoms with Crippen molar-refractivity contribution < 1.29 is 0 Å². The fraction of sp³-hybridized carbons (Fsp3) is 0.286. The molecule has 0 spiro atoms. The molecule has 0 saturated heterocycles. The summed E-state index contributed by atoms with van der Waals surface area (Å²) in [7, 11) is 0. The minimum atomic E-state index is 0.442. The first kappa shape index (κ1) is 7.49. The fourth-order valence-electron chi connectivity index (χ4n) is 1.06. The number of fused-ring (bicyclic) bond motifs is 1. The van der Waals surface area contributed by atoms with Crippen molar-refractivity contribution >= 4 is 17.2 Å². The molecule has 2 rings (SSSR count). The smallest absolute Gasteiger partial charge is 0.165 e. The number of rotatable bonds is 1. The Labute approximate surface area is 74.2 Å². The Balaban J connectivity index is 2.73. The molecule has 0 fully saturated rings. The van der Waals surface area contributed by atoms with Gasteiger partial charge in [0.05, 0.1) is 0 Å². The predicted octanol–water partition coefficient (Wildman–Crippen LogP) is 1.34. The Bertz CT molecular complexity index is 409. The summed E-state index contributed by atoms with van der Waals surface area (Å²) in [5.41, 5.74) is 0.742. The van der Waals surface area contributed by atoms with E-state index in [1.165, 1.54) is 0 Å². The van der Waals surface area contributed by atoms with E-state index in [1.54, 1.807) is 12.4 Å². The van der Waals surface area contributed by atoms with Crippen LogP contribution in [0.15, 0.2) is 12.4 Å². The van der Waals surface area contributed by atoms with Gasteiger partial charge in [0.2, 0.25) is 0 Å². The van der Waals surface area contributed by atoms with E-state index in [1.807, 2.05) is 11.3 Å². The summed E-state index contributed by atoms with van der Waals surface area (Å²) in [4.78, 5) is 3.94. The molecule has 0 aliphatic carbocycles. The van der Waals surface area contributed by atoms with Crippen LogP contribution >= 0.6 is 11.6 Å². The minimum absolute atomic E-state index is 0.442. The third-order valence-corrected chi connectivity index (χ3v) is 1.86. The Morgan fingerprint density at radius 2 is 2.33 bits per heavy atom. The molecule has 0 aromatic carbocycles. The van der Waals surface area contributed by atoms with Gasteiger partial charge in [0.1, 0.15) is 17.3 Å². The van der Waals surface area contributed by atoms with Gasteiger partial charge in [-0.1, -0.05) is 18.5 Å². The summed E-state index contributed by atoms with van der Waals surface area (Å²) in [6.45, 7) is 2.02. The Morgan fingerprint density at radius 1 is 1.50 bits per heavy atom. The first-order chi connectivity index (χ1) is 5.81. The monoisotopic (exact) mass is 182 g/mol. The average molecular weight is 183 g/mol. The summed E-state index contributed by atoms with van der Waals surface area (Å²) < 4.78 is 1.83. The highest BCUT2D eigenvalue weighted by Crippen LogP contribution is 2.08. The zero-order valence-electron chi connectivity index (χ0n) is 6.53. The molecule has 12 heavy (non-hydrogen) atoms. The fourth-order valence-corrected chi connectivity index (χ4v) is 1.20. The second kappa shape index (κ2) is 2.71. The Morgan fingerprint density at radius 3 is 3.08 bits per heavy atom. The van der Waals surface area contributed by atoms with Gasteiger partial charge >= 0.3 is 0 Å². The van der Waals surface area contributed by atoms with Gasteiger partial charge in [-0.05, 0) is 0 Å². The molecule has 2 aromatic heterocycles. The largest absolute Gasteiger partial charge is 0.269 e. The van der Waals surface area contributed by atoms with Gasteiger partial charge in [-0.15, -0.1) is 10.2 Å². The van der Waals surface area contributed by atoms with Crippen molar-refractivity contribution in [2.75, 3.05) is 0 Å². The molecule has 0 unspecified atom stereocenters. The van der Waals surface area contributed by atoms with E-state index in [9.17, 15) is 0 Å². The second-order valence-electron chi connectivity index (χ2n) is 2.41. The molecule has 0 saturated carbocycles. The van der Waals surface area contributed by atoms with Crippen LogP contribution in [0.25, 0.3) is 5.65 Å². The molecular formula is C7H7ClN4. The minimum Gasteiger partial charge on any atom is -0.269 e. The molecule has 0 bridgehead atoms. The van der Waals surface area contributed by atoms with Crippen molar-refractivity contribution in [3.8, 4) is 0 Å². The van der Waals surface area contributed by atoms with E-state index in [0.29, 0.717) is 5.15 Å². The number of halogens is 1. The number of nitrogens with zero attached hydrogens (tertiary/aromatic N) is 4. The quantitative estimate of drug-likeness (QED) is 0.626. The van der Waals surface area contributed by atoms with Crippen molar-refractivity contribution in [1.82, 2.24) is 19.6 Å². The average Bonchev–Trinajstić information content (AvgIpc) is 2.46. The summed E-state index contributed by atoms with van der Waals surface area (Å²) in [6, 6.07) is 1.69. The summed E-state index contributed by atoms with van der Waals surface area (Å²) in [5.74, 6) is 0.897. The highest BCUT2D eigenvalue weighted by molar-refractivity contribution is 6.29. The van der Waals surface area contributed by atoms with Gasteiger partial charge in [-0.2, -0.15) is 0 Å². The van der Waals surface area contributed by atoms with Crippen molar-refractivity contribution in [3.05, 3.63) is 23.4 Å². The zero-order chi connectivity index (χ0) is 8.55. The molecule has 0 atom stereocenters. The standard InChI is InChI=1S/C7H7ClN4/c1-2-6-10-11-7-3-5(8)9-4-12(6)7/h3-4H,2H2,1H3. The second-order valence-corrected chi connectivity index (χ2v) is 2.80. The highest BCUT2D eigenvalue weighted by Gasteiger charge is 2.02. The number of aryl methyl sites for hydroxylation is 1. The van der Waals surface area contributed by atoms with Gasteiger partial charge in [0.25, 0.3) is 0 Å². The third kappa shape index (κ3) is 1.04. The lowest BCUT2D eigenvalue weighted by Crippen LogP contribution is -1.92. The molecule has 0 N–H and O–H groups in total.